The lowest BCUT2D eigenvalue weighted by Crippen LogP contribution is -2.32. The third-order valence-corrected chi connectivity index (χ3v) is 4.70. The van der Waals surface area contributed by atoms with Crippen LogP contribution in [0.1, 0.15) is 22.2 Å². The van der Waals surface area contributed by atoms with Crippen LogP contribution in [0.2, 0.25) is 0 Å². The minimum atomic E-state index is -0.962. The van der Waals surface area contributed by atoms with Crippen molar-refractivity contribution < 1.29 is 23.9 Å². The largest absolute Gasteiger partial charge is 0.492 e. The predicted octanol–water partition coefficient (Wildman–Crippen LogP) is 3.45. The van der Waals surface area contributed by atoms with Crippen LogP contribution in [-0.2, 0) is 9.59 Å². The van der Waals surface area contributed by atoms with Crippen molar-refractivity contribution in [1.82, 2.24) is 5.43 Å². The fourth-order valence-electron chi connectivity index (χ4n) is 2.47. The number of hydrogen-bond donors (Lipinski definition) is 2. The molecule has 0 aliphatic heterocycles. The summed E-state index contributed by atoms with van der Waals surface area (Å²) >= 11 is 1.27. The van der Waals surface area contributed by atoms with Gasteiger partial charge in [0.05, 0.1) is 18.5 Å². The first kappa shape index (κ1) is 21.7. The number of anilines is 1. The Hall–Kier alpha value is -3.98. The Morgan fingerprint density at radius 1 is 0.968 bits per heavy atom. The number of hydrogen-bond acceptors (Lipinski definition) is 7. The minimum absolute atomic E-state index is 0.272. The summed E-state index contributed by atoms with van der Waals surface area (Å²) < 4.78 is 10.8. The summed E-state index contributed by atoms with van der Waals surface area (Å²) in [6.07, 6.45) is 1.29. The van der Waals surface area contributed by atoms with Gasteiger partial charge in [-0.1, -0.05) is 30.3 Å². The fourth-order valence-corrected chi connectivity index (χ4v) is 3.07. The molecule has 0 aliphatic rings. The van der Waals surface area contributed by atoms with Gasteiger partial charge >= 0.3 is 17.8 Å². The van der Waals surface area contributed by atoms with E-state index in [0.717, 1.165) is 0 Å². The maximum Gasteiger partial charge on any atom is 0.353 e. The average Bonchev–Trinajstić information content (AvgIpc) is 3.31. The normalized spacial score (nSPS) is 10.5. The number of rotatable bonds is 7. The van der Waals surface area contributed by atoms with Gasteiger partial charge in [-0.3, -0.25) is 9.59 Å². The number of benzene rings is 2. The van der Waals surface area contributed by atoms with Gasteiger partial charge in [-0.25, -0.2) is 10.2 Å². The maximum absolute atomic E-state index is 12.2. The monoisotopic (exact) mass is 437 g/mol. The second-order valence-electron chi connectivity index (χ2n) is 5.99. The fraction of sp³-hybridized carbons (Fsp3) is 0.0909. The molecule has 0 saturated carbocycles. The summed E-state index contributed by atoms with van der Waals surface area (Å²) in [6.45, 7) is 2.23. The van der Waals surface area contributed by atoms with Crippen molar-refractivity contribution in [3.63, 3.8) is 0 Å². The van der Waals surface area contributed by atoms with Gasteiger partial charge in [0.2, 0.25) is 0 Å². The number of carbonyl (C=O) groups excluding carboxylic acids is 3. The van der Waals surface area contributed by atoms with E-state index < -0.39 is 17.8 Å². The highest BCUT2D eigenvalue weighted by Gasteiger charge is 2.15. The van der Waals surface area contributed by atoms with E-state index >= 15 is 0 Å². The molecule has 2 N–H and O–H groups in total. The van der Waals surface area contributed by atoms with E-state index in [-0.39, 0.29) is 5.75 Å². The highest BCUT2D eigenvalue weighted by molar-refractivity contribution is 7.12. The molecule has 8 nitrogen and oxygen atoms in total. The van der Waals surface area contributed by atoms with E-state index in [2.05, 4.69) is 15.8 Å². The van der Waals surface area contributed by atoms with E-state index in [9.17, 15) is 14.4 Å². The number of nitrogens with zero attached hydrogens (tertiary/aromatic N) is 1. The highest BCUT2D eigenvalue weighted by atomic mass is 32.1. The number of ether oxygens (including phenoxy) is 2. The predicted molar refractivity (Wildman–Crippen MR) is 118 cm³/mol. The molecular weight excluding hydrogens is 418 g/mol. The zero-order chi connectivity index (χ0) is 22.1. The number of hydrazone groups is 1. The quantitative estimate of drug-likeness (QED) is 0.194. The molecule has 0 aliphatic carbocycles. The third-order valence-electron chi connectivity index (χ3n) is 3.86. The molecule has 1 heterocycles. The molecule has 1 aromatic heterocycles. The Labute approximate surface area is 182 Å². The first-order valence-electron chi connectivity index (χ1n) is 9.29. The third kappa shape index (κ3) is 6.00. The van der Waals surface area contributed by atoms with Gasteiger partial charge in [-0.2, -0.15) is 5.10 Å². The lowest BCUT2D eigenvalue weighted by molar-refractivity contribution is -0.136. The molecule has 3 rings (SSSR count). The number of thiophene rings is 1. The summed E-state index contributed by atoms with van der Waals surface area (Å²) in [7, 11) is 0. The van der Waals surface area contributed by atoms with Gasteiger partial charge < -0.3 is 14.8 Å². The van der Waals surface area contributed by atoms with Crippen molar-refractivity contribution in [1.29, 1.82) is 0 Å². The van der Waals surface area contributed by atoms with Crippen LogP contribution < -0.4 is 20.2 Å². The van der Waals surface area contributed by atoms with E-state index in [1.807, 2.05) is 6.92 Å². The van der Waals surface area contributed by atoms with Gasteiger partial charge in [0.15, 0.2) is 0 Å². The Morgan fingerprint density at radius 2 is 1.71 bits per heavy atom. The maximum atomic E-state index is 12.2. The molecule has 2 aromatic carbocycles. The van der Waals surface area contributed by atoms with Gasteiger partial charge in [0, 0.05) is 5.56 Å². The zero-order valence-corrected chi connectivity index (χ0v) is 17.3. The molecule has 0 saturated heterocycles. The van der Waals surface area contributed by atoms with Crippen LogP contribution in [-0.4, -0.2) is 30.6 Å². The van der Waals surface area contributed by atoms with Crippen molar-refractivity contribution in [2.24, 2.45) is 5.10 Å². The molecule has 158 valence electrons. The first-order chi connectivity index (χ1) is 15.1. The van der Waals surface area contributed by atoms with E-state index in [1.165, 1.54) is 17.6 Å². The molecule has 0 spiro atoms. The average molecular weight is 437 g/mol. The van der Waals surface area contributed by atoms with Gasteiger partial charge in [0.25, 0.3) is 0 Å². The number of amides is 2. The number of carbonyl (C=O) groups is 3. The SMILES string of the molecule is CCOc1ccccc1NC(=O)C(=O)N/N=C/c1ccccc1OC(=O)c1cccs1. The topological polar surface area (TPSA) is 106 Å². The first-order valence-corrected chi connectivity index (χ1v) is 10.2. The Bertz CT molecular complexity index is 1100. The molecule has 3 aromatic rings. The van der Waals surface area contributed by atoms with Crippen LogP contribution in [0.25, 0.3) is 0 Å². The molecule has 2 amide bonds. The summed E-state index contributed by atoms with van der Waals surface area (Å²) in [5.41, 5.74) is 2.98. The van der Waals surface area contributed by atoms with Gasteiger partial charge in [0.1, 0.15) is 16.4 Å². The highest BCUT2D eigenvalue weighted by Crippen LogP contribution is 2.23. The molecule has 0 atom stereocenters. The second kappa shape index (κ2) is 10.7. The molecule has 0 bridgehead atoms. The molecule has 9 heteroatoms. The van der Waals surface area contributed by atoms with Gasteiger partial charge in [-0.15, -0.1) is 11.3 Å². The summed E-state index contributed by atoms with van der Waals surface area (Å²) in [6, 6.07) is 16.9. The molecule has 0 unspecified atom stereocenters. The second-order valence-corrected chi connectivity index (χ2v) is 6.93. The van der Waals surface area contributed by atoms with Crippen molar-refractivity contribution in [3.8, 4) is 11.5 Å². The standard InChI is InChI=1S/C22H19N3O5S/c1-2-29-18-11-6-4-9-16(18)24-20(26)21(27)25-23-14-15-8-3-5-10-17(15)30-22(28)19-12-7-13-31-19/h3-14H,2H2,1H3,(H,24,26)(H,25,27)/b23-14+. The van der Waals surface area contributed by atoms with Crippen LogP contribution >= 0.6 is 11.3 Å². The minimum Gasteiger partial charge on any atom is -0.492 e. The van der Waals surface area contributed by atoms with E-state index in [4.69, 9.17) is 9.47 Å². The van der Waals surface area contributed by atoms with Crippen LogP contribution in [0, 0.1) is 0 Å². The van der Waals surface area contributed by atoms with E-state index in [1.54, 1.807) is 66.0 Å². The van der Waals surface area contributed by atoms with Crippen LogP contribution in [0.15, 0.2) is 71.1 Å². The van der Waals surface area contributed by atoms with Crippen molar-refractivity contribution in [3.05, 3.63) is 76.5 Å². The van der Waals surface area contributed by atoms with E-state index in [0.29, 0.717) is 28.5 Å². The lowest BCUT2D eigenvalue weighted by Gasteiger charge is -2.10. The zero-order valence-electron chi connectivity index (χ0n) is 16.5. The van der Waals surface area contributed by atoms with Gasteiger partial charge in [-0.05, 0) is 42.6 Å². The molecular formula is C22H19N3O5S. The number of esters is 1. The van der Waals surface area contributed by atoms with Crippen LogP contribution in [0.3, 0.4) is 0 Å². The summed E-state index contributed by atoms with van der Waals surface area (Å²) in [4.78, 5) is 36.8. The summed E-state index contributed by atoms with van der Waals surface area (Å²) in [5, 5.41) is 8.04. The van der Waals surface area contributed by atoms with Crippen LogP contribution in [0.5, 0.6) is 11.5 Å². The number of para-hydroxylation sites is 3. The smallest absolute Gasteiger partial charge is 0.353 e. The van der Waals surface area contributed by atoms with Crippen molar-refractivity contribution in [2.75, 3.05) is 11.9 Å². The summed E-state index contributed by atoms with van der Waals surface area (Å²) in [5.74, 6) is -1.63. The van der Waals surface area contributed by atoms with Crippen LogP contribution in [0.4, 0.5) is 5.69 Å². The lowest BCUT2D eigenvalue weighted by atomic mass is 10.2. The molecule has 0 fully saturated rings. The Balaban J connectivity index is 1.61. The van der Waals surface area contributed by atoms with Crippen molar-refractivity contribution in [2.45, 2.75) is 6.92 Å². The number of nitrogens with one attached hydrogen (secondary N) is 2. The molecule has 31 heavy (non-hydrogen) atoms. The Kier molecular flexibility index (Phi) is 7.50. The molecule has 0 radical (unpaired) electrons. The Morgan fingerprint density at radius 3 is 2.45 bits per heavy atom. The van der Waals surface area contributed by atoms with Crippen molar-refractivity contribution >= 4 is 41.0 Å².